The number of nitrogens with one attached hydrogen (secondary N) is 1. The number of rotatable bonds is 3. The Morgan fingerprint density at radius 3 is 2.38 bits per heavy atom. The molecule has 1 aromatic heterocycles. The van der Waals surface area contributed by atoms with Crippen molar-refractivity contribution < 1.29 is 4.79 Å². The van der Waals surface area contributed by atoms with E-state index in [9.17, 15) is 4.79 Å². The molecule has 0 saturated carbocycles. The van der Waals surface area contributed by atoms with Gasteiger partial charge in [-0.2, -0.15) is 0 Å². The van der Waals surface area contributed by atoms with Crippen LogP contribution in [0.3, 0.4) is 0 Å². The quantitative estimate of drug-likeness (QED) is 0.539. The highest BCUT2D eigenvalue weighted by atomic mass is 16.1. The van der Waals surface area contributed by atoms with Gasteiger partial charge < -0.3 is 5.32 Å². The van der Waals surface area contributed by atoms with Gasteiger partial charge in [-0.15, -0.1) is 0 Å². The predicted molar refractivity (Wildman–Crippen MR) is 106 cm³/mol. The number of aromatic nitrogens is 1. The van der Waals surface area contributed by atoms with Gasteiger partial charge in [0.25, 0.3) is 5.91 Å². The van der Waals surface area contributed by atoms with Crippen LogP contribution in [0.25, 0.3) is 22.0 Å². The highest BCUT2D eigenvalue weighted by molar-refractivity contribution is 6.05. The molecule has 0 atom stereocenters. The number of pyridine rings is 1. The minimum atomic E-state index is -0.121. The van der Waals surface area contributed by atoms with Gasteiger partial charge in [-0.1, -0.05) is 42.5 Å². The summed E-state index contributed by atoms with van der Waals surface area (Å²) in [5.74, 6) is -0.121. The maximum Gasteiger partial charge on any atom is 0.255 e. The number of anilines is 1. The summed E-state index contributed by atoms with van der Waals surface area (Å²) in [5, 5.41) is 5.22. The lowest BCUT2D eigenvalue weighted by atomic mass is 10.1. The van der Waals surface area contributed by atoms with Crippen molar-refractivity contribution in [1.29, 1.82) is 0 Å². The lowest BCUT2D eigenvalue weighted by Crippen LogP contribution is -2.11. The second-order valence-corrected chi connectivity index (χ2v) is 6.31. The van der Waals surface area contributed by atoms with Crippen LogP contribution in [0.5, 0.6) is 0 Å². The summed E-state index contributed by atoms with van der Waals surface area (Å²) in [4.78, 5) is 16.9. The third-order valence-corrected chi connectivity index (χ3v) is 4.37. The van der Waals surface area contributed by atoms with Gasteiger partial charge in [0.05, 0.1) is 5.69 Å². The van der Waals surface area contributed by atoms with E-state index in [0.29, 0.717) is 5.56 Å². The first kappa shape index (κ1) is 16.0. The maximum absolute atomic E-state index is 12.5. The number of carbonyl (C=O) groups is 1. The minimum Gasteiger partial charge on any atom is -0.322 e. The minimum absolute atomic E-state index is 0.121. The molecule has 0 saturated heterocycles. The summed E-state index contributed by atoms with van der Waals surface area (Å²) in [6.45, 7) is 2.04. The molecule has 0 aliphatic carbocycles. The molecule has 3 heteroatoms. The van der Waals surface area contributed by atoms with Crippen molar-refractivity contribution in [2.24, 2.45) is 0 Å². The highest BCUT2D eigenvalue weighted by Gasteiger charge is 2.07. The van der Waals surface area contributed by atoms with Gasteiger partial charge in [-0.3, -0.25) is 9.78 Å². The van der Waals surface area contributed by atoms with Crippen LogP contribution in [-0.2, 0) is 0 Å². The molecule has 1 heterocycles. The number of aryl methyl sites for hydroxylation is 1. The van der Waals surface area contributed by atoms with Crippen molar-refractivity contribution >= 4 is 22.4 Å². The van der Waals surface area contributed by atoms with E-state index in [0.717, 1.165) is 33.3 Å². The molecular formula is C23H18N2O. The van der Waals surface area contributed by atoms with E-state index < -0.39 is 0 Å². The number of benzene rings is 3. The zero-order valence-electron chi connectivity index (χ0n) is 14.4. The molecule has 0 aliphatic heterocycles. The number of carbonyl (C=O) groups excluding carboxylic acids is 1. The molecular weight excluding hydrogens is 320 g/mol. The Kier molecular flexibility index (Phi) is 4.20. The van der Waals surface area contributed by atoms with Crippen molar-refractivity contribution in [1.82, 2.24) is 4.98 Å². The molecule has 1 amide bonds. The Balaban J connectivity index is 1.54. The lowest BCUT2D eigenvalue weighted by Gasteiger charge is -2.08. The van der Waals surface area contributed by atoms with E-state index in [2.05, 4.69) is 16.4 Å². The van der Waals surface area contributed by atoms with Crippen LogP contribution in [0.15, 0.2) is 85.1 Å². The molecule has 126 valence electrons. The zero-order chi connectivity index (χ0) is 17.9. The molecule has 0 unspecified atom stereocenters. The Labute approximate surface area is 152 Å². The third-order valence-electron chi connectivity index (χ3n) is 4.37. The number of fused-ring (bicyclic) bond motifs is 1. The van der Waals surface area contributed by atoms with Crippen LogP contribution in [-0.4, -0.2) is 10.9 Å². The normalized spacial score (nSPS) is 10.7. The topological polar surface area (TPSA) is 42.0 Å². The number of hydrogen-bond acceptors (Lipinski definition) is 2. The lowest BCUT2D eigenvalue weighted by molar-refractivity contribution is 0.102. The SMILES string of the molecule is Cc1ccnc(-c2ccc(C(=O)Nc3ccc4ccccc4c3)cc2)c1. The summed E-state index contributed by atoms with van der Waals surface area (Å²) < 4.78 is 0. The average Bonchev–Trinajstić information content (AvgIpc) is 2.68. The third kappa shape index (κ3) is 3.33. The summed E-state index contributed by atoms with van der Waals surface area (Å²) in [6.07, 6.45) is 1.80. The van der Waals surface area contributed by atoms with E-state index in [1.54, 1.807) is 6.20 Å². The Morgan fingerprint density at radius 1 is 0.846 bits per heavy atom. The molecule has 4 aromatic rings. The van der Waals surface area contributed by atoms with Crippen molar-refractivity contribution in [2.45, 2.75) is 6.92 Å². The van der Waals surface area contributed by atoms with Crippen molar-refractivity contribution in [2.75, 3.05) is 5.32 Å². The van der Waals surface area contributed by atoms with Crippen molar-refractivity contribution in [3.8, 4) is 11.3 Å². The van der Waals surface area contributed by atoms with Crippen molar-refractivity contribution in [3.63, 3.8) is 0 Å². The molecule has 26 heavy (non-hydrogen) atoms. The number of amides is 1. The van der Waals surface area contributed by atoms with E-state index >= 15 is 0 Å². The van der Waals surface area contributed by atoms with Crippen LogP contribution in [0, 0.1) is 6.92 Å². The van der Waals surface area contributed by atoms with E-state index in [1.807, 2.05) is 79.7 Å². The standard InChI is InChI=1S/C23H18N2O/c1-16-12-13-24-22(14-16)18-6-8-19(9-7-18)23(26)25-21-11-10-17-4-2-3-5-20(17)15-21/h2-15H,1H3,(H,25,26). The van der Waals surface area contributed by atoms with Crippen LogP contribution >= 0.6 is 0 Å². The maximum atomic E-state index is 12.5. The first-order chi connectivity index (χ1) is 12.7. The first-order valence-electron chi connectivity index (χ1n) is 8.52. The van der Waals surface area contributed by atoms with E-state index in [-0.39, 0.29) is 5.91 Å². The second kappa shape index (κ2) is 6.81. The van der Waals surface area contributed by atoms with E-state index in [4.69, 9.17) is 0 Å². The number of nitrogens with zero attached hydrogens (tertiary/aromatic N) is 1. The average molecular weight is 338 g/mol. The Hall–Kier alpha value is -3.46. The van der Waals surface area contributed by atoms with Gasteiger partial charge in [-0.25, -0.2) is 0 Å². The predicted octanol–water partition coefficient (Wildman–Crippen LogP) is 5.46. The molecule has 0 aliphatic rings. The van der Waals surface area contributed by atoms with Gasteiger partial charge >= 0.3 is 0 Å². The largest absolute Gasteiger partial charge is 0.322 e. The van der Waals surface area contributed by atoms with Gasteiger partial charge in [-0.05, 0) is 59.7 Å². The summed E-state index contributed by atoms with van der Waals surface area (Å²) in [5.41, 5.74) is 4.48. The van der Waals surface area contributed by atoms with Gasteiger partial charge in [0.1, 0.15) is 0 Å². The van der Waals surface area contributed by atoms with Crippen LogP contribution in [0.2, 0.25) is 0 Å². The first-order valence-corrected chi connectivity index (χ1v) is 8.52. The van der Waals surface area contributed by atoms with Gasteiger partial charge in [0, 0.05) is 23.0 Å². The summed E-state index contributed by atoms with van der Waals surface area (Å²) in [7, 11) is 0. The number of hydrogen-bond donors (Lipinski definition) is 1. The molecule has 1 N–H and O–H groups in total. The van der Waals surface area contributed by atoms with Crippen LogP contribution < -0.4 is 5.32 Å². The van der Waals surface area contributed by atoms with Crippen LogP contribution in [0.1, 0.15) is 15.9 Å². The fourth-order valence-electron chi connectivity index (χ4n) is 2.96. The van der Waals surface area contributed by atoms with Crippen molar-refractivity contribution in [3.05, 3.63) is 96.2 Å². The molecule has 3 nitrogen and oxygen atoms in total. The zero-order valence-corrected chi connectivity index (χ0v) is 14.4. The Morgan fingerprint density at radius 2 is 1.62 bits per heavy atom. The smallest absolute Gasteiger partial charge is 0.255 e. The van der Waals surface area contributed by atoms with Gasteiger partial charge in [0.15, 0.2) is 0 Å². The Bertz CT molecular complexity index is 1080. The molecule has 0 fully saturated rings. The summed E-state index contributed by atoms with van der Waals surface area (Å²) >= 11 is 0. The second-order valence-electron chi connectivity index (χ2n) is 6.31. The molecule has 0 spiro atoms. The van der Waals surface area contributed by atoms with E-state index in [1.165, 1.54) is 0 Å². The molecule has 0 radical (unpaired) electrons. The fraction of sp³-hybridized carbons (Fsp3) is 0.0435. The monoisotopic (exact) mass is 338 g/mol. The van der Waals surface area contributed by atoms with Crippen LogP contribution in [0.4, 0.5) is 5.69 Å². The molecule has 0 bridgehead atoms. The highest BCUT2D eigenvalue weighted by Crippen LogP contribution is 2.21. The molecule has 3 aromatic carbocycles. The fourth-order valence-corrected chi connectivity index (χ4v) is 2.96. The van der Waals surface area contributed by atoms with Gasteiger partial charge in [0.2, 0.25) is 0 Å². The molecule has 4 rings (SSSR count). The summed E-state index contributed by atoms with van der Waals surface area (Å²) in [6, 6.07) is 25.5.